The summed E-state index contributed by atoms with van der Waals surface area (Å²) in [6, 6.07) is 10.3. The molecule has 1 saturated carbocycles. The summed E-state index contributed by atoms with van der Waals surface area (Å²) in [4.78, 5) is 27.2. The van der Waals surface area contributed by atoms with Gasteiger partial charge < -0.3 is 15.0 Å². The van der Waals surface area contributed by atoms with Crippen LogP contribution in [0.5, 0.6) is 0 Å². The van der Waals surface area contributed by atoms with Crippen molar-refractivity contribution in [1.82, 2.24) is 20.2 Å². The molecule has 1 spiro atoms. The number of nitrogens with zero attached hydrogens (tertiary/aromatic N) is 4. The fourth-order valence-electron chi connectivity index (χ4n) is 5.02. The summed E-state index contributed by atoms with van der Waals surface area (Å²) in [7, 11) is 0. The van der Waals surface area contributed by atoms with Crippen LogP contribution in [0.25, 0.3) is 0 Å². The van der Waals surface area contributed by atoms with Crippen LogP contribution < -0.4 is 10.2 Å². The molecule has 3 fully saturated rings. The normalized spacial score (nSPS) is 23.3. The molecule has 1 aliphatic carbocycles. The summed E-state index contributed by atoms with van der Waals surface area (Å²) in [5.41, 5.74) is 1.72. The van der Waals surface area contributed by atoms with Crippen LogP contribution in [0, 0.1) is 5.41 Å². The third-order valence-electron chi connectivity index (χ3n) is 6.56. The molecule has 1 N–H and O–H groups in total. The van der Waals surface area contributed by atoms with E-state index in [2.05, 4.69) is 55.4 Å². The average molecular weight is 440 g/mol. The van der Waals surface area contributed by atoms with Gasteiger partial charge in [0.15, 0.2) is 0 Å². The third kappa shape index (κ3) is 4.56. The first kappa shape index (κ1) is 20.7. The third-order valence-corrected chi connectivity index (χ3v) is 7.25. The maximum atomic E-state index is 12.7. The first-order valence-corrected chi connectivity index (χ1v) is 12.2. The Labute approximate surface area is 187 Å². The molecule has 2 aliphatic heterocycles. The van der Waals surface area contributed by atoms with Gasteiger partial charge in [0.1, 0.15) is 12.1 Å². The van der Waals surface area contributed by atoms with Crippen LogP contribution in [0.15, 0.2) is 47.6 Å². The molecule has 0 radical (unpaired) electrons. The highest BCUT2D eigenvalue weighted by Crippen LogP contribution is 2.50. The zero-order chi connectivity index (χ0) is 21.3. The monoisotopic (exact) mass is 439 g/mol. The number of rotatable bonds is 6. The van der Waals surface area contributed by atoms with Crippen molar-refractivity contribution in [3.63, 3.8) is 0 Å². The van der Waals surface area contributed by atoms with Crippen molar-refractivity contribution in [2.45, 2.75) is 36.4 Å². The minimum absolute atomic E-state index is 0.0562. The van der Waals surface area contributed by atoms with E-state index < -0.39 is 0 Å². The molecule has 0 bridgehead atoms. The number of carbonyl (C=O) groups excluding carboxylic acids is 1. The summed E-state index contributed by atoms with van der Waals surface area (Å²) in [6.45, 7) is 5.27. The van der Waals surface area contributed by atoms with E-state index in [-0.39, 0.29) is 18.1 Å². The first-order valence-electron chi connectivity index (χ1n) is 10.9. The highest BCUT2D eigenvalue weighted by atomic mass is 32.2. The molecule has 164 valence electrons. The molecule has 1 aromatic carbocycles. The zero-order valence-corrected chi connectivity index (χ0v) is 18.7. The van der Waals surface area contributed by atoms with Gasteiger partial charge in [-0.2, -0.15) is 0 Å². The largest absolute Gasteiger partial charge is 0.461 e. The standard InChI is InChI=1S/C23H29N5O2S/c1-31-19-11-25-22(26-12-19)28-8-7-24-20(14-28)21(29)30-18-9-23(10-18)15-27(16-23)13-17-5-3-2-4-6-17/h2-6,11-12,18,20,24H,7-10,13-16H2,1H3. The second-order valence-electron chi connectivity index (χ2n) is 8.97. The number of likely N-dealkylation sites (tertiary alicyclic amines) is 1. The van der Waals surface area contributed by atoms with Gasteiger partial charge in [0, 0.05) is 62.0 Å². The smallest absolute Gasteiger partial charge is 0.325 e. The van der Waals surface area contributed by atoms with Crippen LogP contribution in [0.3, 0.4) is 0 Å². The predicted octanol–water partition coefficient (Wildman–Crippen LogP) is 2.18. The topological polar surface area (TPSA) is 70.6 Å². The maximum absolute atomic E-state index is 12.7. The highest BCUT2D eigenvalue weighted by molar-refractivity contribution is 7.98. The van der Waals surface area contributed by atoms with Crippen molar-refractivity contribution in [1.29, 1.82) is 0 Å². The number of carbonyl (C=O) groups is 1. The molecule has 2 saturated heterocycles. The van der Waals surface area contributed by atoms with Crippen molar-refractivity contribution in [2.75, 3.05) is 43.9 Å². The number of hydrogen-bond acceptors (Lipinski definition) is 8. The molecular weight excluding hydrogens is 410 g/mol. The summed E-state index contributed by atoms with van der Waals surface area (Å²) >= 11 is 1.62. The molecular formula is C23H29N5O2S. The Bertz CT molecular complexity index is 896. The number of ether oxygens (including phenoxy) is 1. The lowest BCUT2D eigenvalue weighted by atomic mass is 9.61. The average Bonchev–Trinajstić information content (AvgIpc) is 2.77. The van der Waals surface area contributed by atoms with E-state index in [0.717, 1.165) is 50.5 Å². The molecule has 7 nitrogen and oxygen atoms in total. The minimum atomic E-state index is -0.329. The predicted molar refractivity (Wildman–Crippen MR) is 121 cm³/mol. The van der Waals surface area contributed by atoms with Crippen LogP contribution in [0.2, 0.25) is 0 Å². The van der Waals surface area contributed by atoms with Crippen molar-refractivity contribution in [3.8, 4) is 0 Å². The number of benzene rings is 1. The summed E-state index contributed by atoms with van der Waals surface area (Å²) in [5, 5.41) is 3.29. The van der Waals surface area contributed by atoms with Gasteiger partial charge >= 0.3 is 5.97 Å². The van der Waals surface area contributed by atoms with Gasteiger partial charge in [0.2, 0.25) is 5.95 Å². The van der Waals surface area contributed by atoms with E-state index in [1.807, 2.05) is 18.6 Å². The molecule has 31 heavy (non-hydrogen) atoms. The van der Waals surface area contributed by atoms with Crippen LogP contribution in [-0.2, 0) is 16.1 Å². The second-order valence-corrected chi connectivity index (χ2v) is 9.85. The molecule has 1 unspecified atom stereocenters. The van der Waals surface area contributed by atoms with Crippen LogP contribution in [0.4, 0.5) is 5.95 Å². The Morgan fingerprint density at radius 2 is 1.97 bits per heavy atom. The summed E-state index contributed by atoms with van der Waals surface area (Å²) in [6.07, 6.45) is 7.69. The second kappa shape index (κ2) is 8.76. The Morgan fingerprint density at radius 1 is 1.23 bits per heavy atom. The van der Waals surface area contributed by atoms with E-state index in [0.29, 0.717) is 17.9 Å². The Morgan fingerprint density at radius 3 is 2.68 bits per heavy atom. The Kier molecular flexibility index (Phi) is 5.86. The molecule has 2 aromatic rings. The molecule has 8 heteroatoms. The molecule has 1 atom stereocenters. The van der Waals surface area contributed by atoms with Crippen molar-refractivity contribution in [3.05, 3.63) is 48.3 Å². The van der Waals surface area contributed by atoms with Gasteiger partial charge in [-0.3, -0.25) is 9.69 Å². The van der Waals surface area contributed by atoms with E-state index in [4.69, 9.17) is 4.74 Å². The first-order chi connectivity index (χ1) is 15.1. The minimum Gasteiger partial charge on any atom is -0.461 e. The fraction of sp³-hybridized carbons (Fsp3) is 0.522. The number of esters is 1. The molecule has 1 aromatic heterocycles. The molecule has 5 rings (SSSR count). The quantitative estimate of drug-likeness (QED) is 0.543. The SMILES string of the molecule is CSc1cnc(N2CCNC(C(=O)OC3CC4(C3)CN(Cc3ccccc3)C4)C2)nc1. The van der Waals surface area contributed by atoms with E-state index in [1.54, 1.807) is 11.8 Å². The van der Waals surface area contributed by atoms with Gasteiger partial charge in [0.25, 0.3) is 0 Å². The fourth-order valence-corrected chi connectivity index (χ4v) is 5.33. The summed E-state index contributed by atoms with van der Waals surface area (Å²) in [5.74, 6) is 0.526. The number of aromatic nitrogens is 2. The van der Waals surface area contributed by atoms with Gasteiger partial charge in [0.05, 0.1) is 0 Å². The van der Waals surface area contributed by atoms with E-state index in [9.17, 15) is 4.79 Å². The lowest BCUT2D eigenvalue weighted by Gasteiger charge is -2.58. The Hall–Kier alpha value is -2.16. The molecule has 3 heterocycles. The van der Waals surface area contributed by atoms with Crippen molar-refractivity contribution >= 4 is 23.7 Å². The number of anilines is 1. The number of hydrogen-bond donors (Lipinski definition) is 1. The van der Waals surface area contributed by atoms with Crippen LogP contribution in [-0.4, -0.2) is 72.0 Å². The van der Waals surface area contributed by atoms with Crippen molar-refractivity contribution in [2.24, 2.45) is 5.41 Å². The van der Waals surface area contributed by atoms with Gasteiger partial charge in [-0.15, -0.1) is 11.8 Å². The number of nitrogens with one attached hydrogen (secondary N) is 1. The highest BCUT2D eigenvalue weighted by Gasteiger charge is 2.53. The number of thioether (sulfide) groups is 1. The zero-order valence-electron chi connectivity index (χ0n) is 17.9. The summed E-state index contributed by atoms with van der Waals surface area (Å²) < 4.78 is 5.84. The molecule has 0 amide bonds. The van der Waals surface area contributed by atoms with Crippen LogP contribution in [0.1, 0.15) is 18.4 Å². The van der Waals surface area contributed by atoms with Gasteiger partial charge in [-0.25, -0.2) is 9.97 Å². The lowest BCUT2D eigenvalue weighted by molar-refractivity contribution is -0.179. The van der Waals surface area contributed by atoms with Gasteiger partial charge in [-0.05, 0) is 24.7 Å². The number of piperazine rings is 1. The van der Waals surface area contributed by atoms with Crippen LogP contribution >= 0.6 is 11.8 Å². The van der Waals surface area contributed by atoms with Gasteiger partial charge in [-0.1, -0.05) is 30.3 Å². The van der Waals surface area contributed by atoms with E-state index >= 15 is 0 Å². The van der Waals surface area contributed by atoms with Crippen molar-refractivity contribution < 1.29 is 9.53 Å². The molecule has 3 aliphatic rings. The van der Waals surface area contributed by atoms with E-state index in [1.165, 1.54) is 5.56 Å². The lowest BCUT2D eigenvalue weighted by Crippen LogP contribution is -2.64. The maximum Gasteiger partial charge on any atom is 0.325 e. The Balaban J connectivity index is 1.07.